The Hall–Kier alpha value is -1.85. The van der Waals surface area contributed by atoms with Gasteiger partial charge in [-0.1, -0.05) is 29.8 Å². The minimum Gasteiger partial charge on any atom is -0.354 e. The molecule has 0 unspecified atom stereocenters. The lowest BCUT2D eigenvalue weighted by Gasteiger charge is -2.24. The number of rotatable bonds is 5. The second-order valence-corrected chi connectivity index (χ2v) is 7.17. The molecule has 1 aromatic heterocycles. The summed E-state index contributed by atoms with van der Waals surface area (Å²) in [4.78, 5) is 9.52. The first-order valence-corrected chi connectivity index (χ1v) is 9.10. The first kappa shape index (κ1) is 18.0. The van der Waals surface area contributed by atoms with Crippen molar-refractivity contribution in [2.24, 2.45) is 12.0 Å². The van der Waals surface area contributed by atoms with Crippen molar-refractivity contribution in [1.29, 1.82) is 0 Å². The van der Waals surface area contributed by atoms with E-state index in [-0.39, 0.29) is 0 Å². The molecule has 0 N–H and O–H groups in total. The number of aromatic nitrogens is 2. The largest absolute Gasteiger partial charge is 0.354 e. The van der Waals surface area contributed by atoms with E-state index in [1.165, 1.54) is 0 Å². The molecular weight excluding hydrogens is 334 g/mol. The first-order valence-electron chi connectivity index (χ1n) is 8.72. The minimum atomic E-state index is 0.733. The van der Waals surface area contributed by atoms with Gasteiger partial charge in [-0.25, -0.2) is 0 Å². The highest BCUT2D eigenvalue weighted by Gasteiger charge is 2.27. The zero-order valence-corrected chi connectivity index (χ0v) is 16.2. The molecule has 1 aliphatic heterocycles. The van der Waals surface area contributed by atoms with Crippen molar-refractivity contribution in [3.05, 3.63) is 46.1 Å². The Morgan fingerprint density at radius 2 is 2.00 bits per heavy atom. The van der Waals surface area contributed by atoms with Crippen molar-refractivity contribution >= 4 is 23.1 Å². The van der Waals surface area contributed by atoms with Crippen LogP contribution in [0.15, 0.2) is 29.3 Å². The summed E-state index contributed by atoms with van der Waals surface area (Å²) in [5.74, 6) is 1.15. The Balaban J connectivity index is 2.00. The fraction of sp³-hybridized carbons (Fsp3) is 0.474. The fourth-order valence-corrected chi connectivity index (χ4v) is 3.65. The minimum absolute atomic E-state index is 0.733. The number of halogens is 1. The van der Waals surface area contributed by atoms with E-state index >= 15 is 0 Å². The number of anilines is 1. The van der Waals surface area contributed by atoms with Gasteiger partial charge in [0.1, 0.15) is 5.82 Å². The quantitative estimate of drug-likeness (QED) is 0.823. The SMILES string of the molecule is Cc1nn(C)c2c1C(c1ccccc1Cl)=NCCN2CCCN(C)C. The van der Waals surface area contributed by atoms with Crippen molar-refractivity contribution in [2.75, 3.05) is 45.2 Å². The van der Waals surface area contributed by atoms with Crippen LogP contribution in [0, 0.1) is 6.92 Å². The summed E-state index contributed by atoms with van der Waals surface area (Å²) in [6.07, 6.45) is 1.11. The van der Waals surface area contributed by atoms with Gasteiger partial charge in [0.25, 0.3) is 0 Å². The second kappa shape index (κ2) is 7.58. The van der Waals surface area contributed by atoms with E-state index in [1.54, 1.807) is 0 Å². The number of fused-ring (bicyclic) bond motifs is 1. The average molecular weight is 360 g/mol. The van der Waals surface area contributed by atoms with Crippen LogP contribution in [0.3, 0.4) is 0 Å². The lowest BCUT2D eigenvalue weighted by molar-refractivity contribution is 0.400. The van der Waals surface area contributed by atoms with Crippen molar-refractivity contribution in [3.8, 4) is 0 Å². The molecule has 0 amide bonds. The van der Waals surface area contributed by atoms with Gasteiger partial charge in [-0.05, 0) is 40.1 Å². The molecular formula is C19H26ClN5. The van der Waals surface area contributed by atoms with E-state index in [0.29, 0.717) is 0 Å². The van der Waals surface area contributed by atoms with Crippen LogP contribution in [0.4, 0.5) is 5.82 Å². The van der Waals surface area contributed by atoms with Crippen LogP contribution < -0.4 is 4.90 Å². The molecule has 6 heteroatoms. The van der Waals surface area contributed by atoms with Crippen LogP contribution in [0.1, 0.15) is 23.2 Å². The van der Waals surface area contributed by atoms with E-state index in [2.05, 4.69) is 35.9 Å². The summed E-state index contributed by atoms with van der Waals surface area (Å²) in [5, 5.41) is 5.41. The standard InChI is InChI=1S/C19H26ClN5/c1-14-17-18(15-8-5-6-9-16(15)20)21-10-13-25(12-7-11-23(2)3)19(17)24(4)22-14/h5-6,8-9H,7,10-13H2,1-4H3. The molecule has 134 valence electrons. The molecule has 0 saturated carbocycles. The van der Waals surface area contributed by atoms with Gasteiger partial charge in [0.05, 0.1) is 23.5 Å². The second-order valence-electron chi connectivity index (χ2n) is 6.76. The maximum atomic E-state index is 6.46. The molecule has 3 rings (SSSR count). The average Bonchev–Trinajstić information content (AvgIpc) is 2.74. The number of aliphatic imine (C=N–C) groups is 1. The lowest BCUT2D eigenvalue weighted by Crippen LogP contribution is -2.31. The maximum absolute atomic E-state index is 6.46. The highest BCUT2D eigenvalue weighted by atomic mass is 35.5. The fourth-order valence-electron chi connectivity index (χ4n) is 3.42. The van der Waals surface area contributed by atoms with E-state index < -0.39 is 0 Å². The predicted octanol–water partition coefficient (Wildman–Crippen LogP) is 2.99. The monoisotopic (exact) mass is 359 g/mol. The van der Waals surface area contributed by atoms with E-state index in [0.717, 1.165) is 66.0 Å². The molecule has 25 heavy (non-hydrogen) atoms. The number of hydrogen-bond donors (Lipinski definition) is 0. The summed E-state index contributed by atoms with van der Waals surface area (Å²) in [6.45, 7) is 5.77. The summed E-state index contributed by atoms with van der Waals surface area (Å²) in [7, 11) is 6.24. The van der Waals surface area contributed by atoms with Crippen molar-refractivity contribution in [3.63, 3.8) is 0 Å². The zero-order valence-electron chi connectivity index (χ0n) is 15.5. The number of benzene rings is 1. The number of nitrogens with zero attached hydrogens (tertiary/aromatic N) is 5. The molecule has 5 nitrogen and oxygen atoms in total. The van der Waals surface area contributed by atoms with Gasteiger partial charge in [-0.3, -0.25) is 9.67 Å². The molecule has 0 spiro atoms. The van der Waals surface area contributed by atoms with Crippen LogP contribution in [0.25, 0.3) is 0 Å². The molecule has 0 saturated heterocycles. The van der Waals surface area contributed by atoms with Crippen LogP contribution in [-0.2, 0) is 7.05 Å². The maximum Gasteiger partial charge on any atom is 0.136 e. The highest BCUT2D eigenvalue weighted by molar-refractivity contribution is 6.36. The van der Waals surface area contributed by atoms with Gasteiger partial charge in [0.15, 0.2) is 0 Å². The summed E-state index contributed by atoms with van der Waals surface area (Å²) >= 11 is 6.46. The number of aryl methyl sites for hydroxylation is 2. The van der Waals surface area contributed by atoms with Gasteiger partial charge in [-0.15, -0.1) is 0 Å². The van der Waals surface area contributed by atoms with Gasteiger partial charge in [-0.2, -0.15) is 5.10 Å². The Bertz CT molecular complexity index is 778. The molecule has 0 aliphatic carbocycles. The molecule has 0 bridgehead atoms. The lowest BCUT2D eigenvalue weighted by atomic mass is 10.0. The van der Waals surface area contributed by atoms with Gasteiger partial charge in [0.2, 0.25) is 0 Å². The summed E-state index contributed by atoms with van der Waals surface area (Å²) in [6, 6.07) is 7.92. The number of hydrogen-bond acceptors (Lipinski definition) is 4. The van der Waals surface area contributed by atoms with Crippen molar-refractivity contribution in [1.82, 2.24) is 14.7 Å². The third-order valence-corrected chi connectivity index (χ3v) is 4.86. The van der Waals surface area contributed by atoms with Crippen molar-refractivity contribution in [2.45, 2.75) is 13.3 Å². The van der Waals surface area contributed by atoms with Crippen LogP contribution in [0.5, 0.6) is 0 Å². The molecule has 1 aromatic carbocycles. The third-order valence-electron chi connectivity index (χ3n) is 4.53. The molecule has 0 radical (unpaired) electrons. The van der Waals surface area contributed by atoms with E-state index in [4.69, 9.17) is 16.6 Å². The third kappa shape index (κ3) is 3.72. The summed E-state index contributed by atoms with van der Waals surface area (Å²) < 4.78 is 1.98. The Morgan fingerprint density at radius 3 is 2.72 bits per heavy atom. The van der Waals surface area contributed by atoms with Crippen molar-refractivity contribution < 1.29 is 0 Å². The first-order chi connectivity index (χ1) is 12.0. The topological polar surface area (TPSA) is 36.7 Å². The normalized spacial score (nSPS) is 14.5. The van der Waals surface area contributed by atoms with E-state index in [9.17, 15) is 0 Å². The van der Waals surface area contributed by atoms with Crippen LogP contribution >= 0.6 is 11.6 Å². The Kier molecular flexibility index (Phi) is 5.45. The molecule has 0 atom stereocenters. The zero-order chi connectivity index (χ0) is 18.0. The molecule has 0 fully saturated rings. The Labute approximate surface area is 154 Å². The van der Waals surface area contributed by atoms with Gasteiger partial charge >= 0.3 is 0 Å². The van der Waals surface area contributed by atoms with Gasteiger partial charge < -0.3 is 9.80 Å². The molecule has 2 aromatic rings. The summed E-state index contributed by atoms with van der Waals surface area (Å²) in [5.41, 5.74) is 4.05. The Morgan fingerprint density at radius 1 is 1.24 bits per heavy atom. The van der Waals surface area contributed by atoms with E-state index in [1.807, 2.05) is 36.0 Å². The molecule has 2 heterocycles. The van der Waals surface area contributed by atoms with Crippen LogP contribution in [-0.4, -0.2) is 60.7 Å². The van der Waals surface area contributed by atoms with Gasteiger partial charge in [0, 0.05) is 30.7 Å². The van der Waals surface area contributed by atoms with Crippen LogP contribution in [0.2, 0.25) is 5.02 Å². The predicted molar refractivity (Wildman–Crippen MR) is 105 cm³/mol. The molecule has 1 aliphatic rings. The highest BCUT2D eigenvalue weighted by Crippen LogP contribution is 2.31. The smallest absolute Gasteiger partial charge is 0.136 e.